The van der Waals surface area contributed by atoms with Crippen molar-refractivity contribution in [3.8, 4) is 0 Å². The molecule has 0 N–H and O–H groups in total. The molecule has 0 atom stereocenters. The first-order valence-electron chi connectivity index (χ1n) is 10.2. The van der Waals surface area contributed by atoms with Crippen molar-refractivity contribution in [1.82, 2.24) is 0 Å². The number of anilines is 2. The summed E-state index contributed by atoms with van der Waals surface area (Å²) < 4.78 is 0. The van der Waals surface area contributed by atoms with Crippen LogP contribution in [-0.2, 0) is 6.42 Å². The van der Waals surface area contributed by atoms with Crippen molar-refractivity contribution in [1.29, 1.82) is 0 Å². The van der Waals surface area contributed by atoms with Gasteiger partial charge in [0.2, 0.25) is 0 Å². The third-order valence-electron chi connectivity index (χ3n) is 5.03. The average molecular weight is 380 g/mol. The molecule has 0 bridgehead atoms. The molecule has 0 fully saturated rings. The fourth-order valence-electron chi connectivity index (χ4n) is 3.45. The number of nitrogens with zero attached hydrogens (tertiary/aromatic N) is 1. The molecule has 0 aromatic heterocycles. The molecule has 3 aromatic rings. The topological polar surface area (TPSA) is 3.24 Å². The van der Waals surface area contributed by atoms with Gasteiger partial charge in [-0.2, -0.15) is 0 Å². The first-order chi connectivity index (χ1) is 14.2. The third kappa shape index (κ3) is 5.58. The van der Waals surface area contributed by atoms with Gasteiger partial charge in [0.1, 0.15) is 0 Å². The van der Waals surface area contributed by atoms with E-state index in [9.17, 15) is 0 Å². The Kier molecular flexibility index (Phi) is 7.24. The Bertz CT molecular complexity index is 992. The summed E-state index contributed by atoms with van der Waals surface area (Å²) in [5.41, 5.74) is 7.61. The maximum absolute atomic E-state index is 2.29. The van der Waals surface area contributed by atoms with E-state index < -0.39 is 0 Å². The van der Waals surface area contributed by atoms with Gasteiger partial charge in [0, 0.05) is 18.4 Å². The van der Waals surface area contributed by atoms with Gasteiger partial charge in [0.15, 0.2) is 0 Å². The molecule has 29 heavy (non-hydrogen) atoms. The second kappa shape index (κ2) is 10.3. The number of rotatable bonds is 7. The van der Waals surface area contributed by atoms with Gasteiger partial charge < -0.3 is 4.90 Å². The summed E-state index contributed by atoms with van der Waals surface area (Å²) >= 11 is 0. The zero-order chi connectivity index (χ0) is 20.5. The maximum Gasteiger partial charge on any atom is 0.0470 e. The van der Waals surface area contributed by atoms with Crippen LogP contribution in [0, 0.1) is 6.92 Å². The number of benzene rings is 3. The van der Waals surface area contributed by atoms with E-state index in [1.807, 2.05) is 18.2 Å². The molecular formula is C28H29N. The van der Waals surface area contributed by atoms with Crippen LogP contribution in [-0.4, -0.2) is 7.05 Å². The van der Waals surface area contributed by atoms with Crippen LogP contribution in [0.15, 0.2) is 97.1 Å². The number of allylic oxidation sites excluding steroid dienone is 4. The van der Waals surface area contributed by atoms with Gasteiger partial charge in [-0.05, 0) is 47.7 Å². The molecule has 146 valence electrons. The highest BCUT2D eigenvalue weighted by molar-refractivity contribution is 5.70. The van der Waals surface area contributed by atoms with Gasteiger partial charge in [-0.25, -0.2) is 0 Å². The van der Waals surface area contributed by atoms with Crippen LogP contribution in [0.1, 0.15) is 29.2 Å². The van der Waals surface area contributed by atoms with Crippen LogP contribution >= 0.6 is 0 Å². The molecule has 0 spiro atoms. The van der Waals surface area contributed by atoms with Gasteiger partial charge in [-0.1, -0.05) is 104 Å². The van der Waals surface area contributed by atoms with Gasteiger partial charge in [0.25, 0.3) is 0 Å². The second-order valence-electron chi connectivity index (χ2n) is 7.10. The Morgan fingerprint density at radius 2 is 1.31 bits per heavy atom. The standard InChI is InChI=1S/C28H29N/c1-4-26-18-12-13-23(2)28(26)29(3)27-21-19-25(20-22-27)17-9-6-5-8-14-24-15-10-7-11-16-24/h5-22H,4H2,1-3H3/b6-5+,14-8+,17-9+. The summed E-state index contributed by atoms with van der Waals surface area (Å²) in [6, 6.07) is 25.6. The molecule has 0 saturated heterocycles. The van der Waals surface area contributed by atoms with Crippen LogP contribution < -0.4 is 4.90 Å². The molecule has 0 aliphatic rings. The van der Waals surface area contributed by atoms with Crippen LogP contribution in [0.4, 0.5) is 11.4 Å². The lowest BCUT2D eigenvalue weighted by Gasteiger charge is -2.24. The number of aryl methyl sites for hydroxylation is 2. The van der Waals surface area contributed by atoms with Gasteiger partial charge in [-0.3, -0.25) is 0 Å². The van der Waals surface area contributed by atoms with E-state index in [0.717, 1.165) is 6.42 Å². The molecule has 0 radical (unpaired) electrons. The highest BCUT2D eigenvalue weighted by atomic mass is 15.1. The van der Waals surface area contributed by atoms with Crippen molar-refractivity contribution in [2.45, 2.75) is 20.3 Å². The first kappa shape index (κ1) is 20.4. The second-order valence-corrected chi connectivity index (χ2v) is 7.10. The van der Waals surface area contributed by atoms with E-state index in [1.165, 1.54) is 33.6 Å². The number of para-hydroxylation sites is 1. The molecule has 0 heterocycles. The Morgan fingerprint density at radius 3 is 1.93 bits per heavy atom. The van der Waals surface area contributed by atoms with E-state index in [-0.39, 0.29) is 0 Å². The van der Waals surface area contributed by atoms with E-state index in [0.29, 0.717) is 0 Å². The van der Waals surface area contributed by atoms with Crippen molar-refractivity contribution in [3.05, 3.63) is 119 Å². The molecule has 0 saturated carbocycles. The van der Waals surface area contributed by atoms with Crippen LogP contribution in [0.3, 0.4) is 0 Å². The Balaban J connectivity index is 1.64. The molecule has 0 unspecified atom stereocenters. The monoisotopic (exact) mass is 379 g/mol. The average Bonchev–Trinajstić information content (AvgIpc) is 2.76. The lowest BCUT2D eigenvalue weighted by Crippen LogP contribution is -2.13. The molecule has 3 aromatic carbocycles. The van der Waals surface area contributed by atoms with Gasteiger partial charge >= 0.3 is 0 Å². The summed E-state index contributed by atoms with van der Waals surface area (Å²) in [4.78, 5) is 2.29. The summed E-state index contributed by atoms with van der Waals surface area (Å²) in [5.74, 6) is 0. The van der Waals surface area contributed by atoms with Gasteiger partial charge in [-0.15, -0.1) is 0 Å². The van der Waals surface area contributed by atoms with E-state index in [2.05, 4.69) is 117 Å². The normalized spacial score (nSPS) is 11.7. The van der Waals surface area contributed by atoms with E-state index in [1.54, 1.807) is 0 Å². The Morgan fingerprint density at radius 1 is 0.690 bits per heavy atom. The quantitative estimate of drug-likeness (QED) is 0.382. The summed E-state index contributed by atoms with van der Waals surface area (Å²) in [5, 5.41) is 0. The molecule has 3 rings (SSSR count). The fourth-order valence-corrected chi connectivity index (χ4v) is 3.45. The minimum Gasteiger partial charge on any atom is -0.344 e. The Labute approximate surface area is 175 Å². The molecule has 0 aliphatic heterocycles. The zero-order valence-corrected chi connectivity index (χ0v) is 17.5. The third-order valence-corrected chi connectivity index (χ3v) is 5.03. The van der Waals surface area contributed by atoms with Gasteiger partial charge in [0.05, 0.1) is 0 Å². The minimum atomic E-state index is 1.03. The lowest BCUT2D eigenvalue weighted by molar-refractivity contribution is 1.08. The molecule has 1 nitrogen and oxygen atoms in total. The SMILES string of the molecule is CCc1cccc(C)c1N(C)c1ccc(/C=C/C=C/C=C/c2ccccc2)cc1. The molecule has 0 aliphatic carbocycles. The lowest BCUT2D eigenvalue weighted by atomic mass is 10.0. The highest BCUT2D eigenvalue weighted by Crippen LogP contribution is 2.31. The molecule has 0 amide bonds. The van der Waals surface area contributed by atoms with E-state index >= 15 is 0 Å². The van der Waals surface area contributed by atoms with Crippen LogP contribution in [0.2, 0.25) is 0 Å². The van der Waals surface area contributed by atoms with Crippen molar-refractivity contribution < 1.29 is 0 Å². The maximum atomic E-state index is 2.29. The van der Waals surface area contributed by atoms with Crippen molar-refractivity contribution in [2.24, 2.45) is 0 Å². The van der Waals surface area contributed by atoms with Crippen LogP contribution in [0.5, 0.6) is 0 Å². The first-order valence-corrected chi connectivity index (χ1v) is 10.2. The summed E-state index contributed by atoms with van der Waals surface area (Å²) in [6.07, 6.45) is 13.5. The predicted octanol–water partition coefficient (Wildman–Crippen LogP) is 7.61. The molecular weight excluding hydrogens is 350 g/mol. The van der Waals surface area contributed by atoms with E-state index in [4.69, 9.17) is 0 Å². The highest BCUT2D eigenvalue weighted by Gasteiger charge is 2.10. The fraction of sp³-hybridized carbons (Fsp3) is 0.143. The van der Waals surface area contributed by atoms with Crippen molar-refractivity contribution in [2.75, 3.05) is 11.9 Å². The summed E-state index contributed by atoms with van der Waals surface area (Å²) in [6.45, 7) is 4.39. The number of hydrogen-bond acceptors (Lipinski definition) is 1. The predicted molar refractivity (Wildman–Crippen MR) is 129 cm³/mol. The van der Waals surface area contributed by atoms with Crippen LogP contribution in [0.25, 0.3) is 12.2 Å². The van der Waals surface area contributed by atoms with Crippen molar-refractivity contribution >= 4 is 23.5 Å². The Hall–Kier alpha value is -3.32. The van der Waals surface area contributed by atoms with Crippen molar-refractivity contribution in [3.63, 3.8) is 0 Å². The largest absolute Gasteiger partial charge is 0.344 e. The molecule has 1 heteroatoms. The minimum absolute atomic E-state index is 1.03. The zero-order valence-electron chi connectivity index (χ0n) is 17.5. The smallest absolute Gasteiger partial charge is 0.0470 e. The number of hydrogen-bond donors (Lipinski definition) is 0. The summed E-state index contributed by atoms with van der Waals surface area (Å²) in [7, 11) is 2.15.